The van der Waals surface area contributed by atoms with Crippen molar-refractivity contribution in [2.45, 2.75) is 32.2 Å². The number of anilines is 1. The molecule has 88 valence electrons. The Balaban J connectivity index is 1.96. The lowest BCUT2D eigenvalue weighted by Crippen LogP contribution is -2.30. The van der Waals surface area contributed by atoms with Crippen LogP contribution in [0.4, 0.5) is 5.13 Å². The number of likely N-dealkylation sites (N-methyl/N-ethyl adjacent to an activating group) is 1. The van der Waals surface area contributed by atoms with E-state index >= 15 is 0 Å². The van der Waals surface area contributed by atoms with Crippen molar-refractivity contribution < 1.29 is 4.79 Å². The number of rotatable bonds is 4. The summed E-state index contributed by atoms with van der Waals surface area (Å²) in [4.78, 5) is 13.4. The Morgan fingerprint density at radius 3 is 3.00 bits per heavy atom. The molecule has 0 aromatic carbocycles. The summed E-state index contributed by atoms with van der Waals surface area (Å²) in [7, 11) is 1.83. The van der Waals surface area contributed by atoms with Crippen LogP contribution in [0.25, 0.3) is 0 Å². The number of hydrogen-bond acceptors (Lipinski definition) is 5. The van der Waals surface area contributed by atoms with Crippen LogP contribution in [0.2, 0.25) is 0 Å². The third kappa shape index (κ3) is 2.32. The number of carbonyl (C=O) groups is 1. The van der Waals surface area contributed by atoms with Crippen LogP contribution in [-0.4, -0.2) is 40.6 Å². The van der Waals surface area contributed by atoms with Crippen LogP contribution in [0.1, 0.15) is 24.8 Å². The molecule has 0 aliphatic carbocycles. The lowest BCUT2D eigenvalue weighted by atomic mass is 10.2. The van der Waals surface area contributed by atoms with Gasteiger partial charge in [-0.15, -0.1) is 10.2 Å². The minimum absolute atomic E-state index is 0.118. The second kappa shape index (κ2) is 4.78. The van der Waals surface area contributed by atoms with E-state index in [0.29, 0.717) is 0 Å². The molecule has 0 spiro atoms. The fourth-order valence-electron chi connectivity index (χ4n) is 1.73. The van der Waals surface area contributed by atoms with Crippen molar-refractivity contribution in [3.8, 4) is 0 Å². The van der Waals surface area contributed by atoms with Gasteiger partial charge in [-0.3, -0.25) is 4.79 Å². The highest BCUT2D eigenvalue weighted by Crippen LogP contribution is 2.20. The van der Waals surface area contributed by atoms with Gasteiger partial charge in [0, 0.05) is 20.0 Å². The third-order valence-electron chi connectivity index (χ3n) is 2.66. The normalized spacial score (nSPS) is 20.5. The maximum Gasteiger partial charge on any atom is 0.244 e. The fraction of sp³-hybridized carbons (Fsp3) is 0.700. The summed E-state index contributed by atoms with van der Waals surface area (Å²) in [5, 5.41) is 13.1. The summed E-state index contributed by atoms with van der Waals surface area (Å²) in [5.41, 5.74) is 0. The van der Waals surface area contributed by atoms with Crippen LogP contribution in [0, 0.1) is 0 Å². The van der Waals surface area contributed by atoms with Crippen molar-refractivity contribution in [3.05, 3.63) is 5.01 Å². The van der Waals surface area contributed by atoms with E-state index in [1.165, 1.54) is 0 Å². The number of aryl methyl sites for hydroxylation is 1. The maximum atomic E-state index is 11.7. The predicted octanol–water partition coefficient (Wildman–Crippen LogP) is 1.13. The highest BCUT2D eigenvalue weighted by Gasteiger charge is 2.29. The topological polar surface area (TPSA) is 58.1 Å². The van der Waals surface area contributed by atoms with Gasteiger partial charge in [0.15, 0.2) is 0 Å². The van der Waals surface area contributed by atoms with Crippen molar-refractivity contribution in [1.29, 1.82) is 0 Å². The van der Waals surface area contributed by atoms with E-state index in [4.69, 9.17) is 0 Å². The van der Waals surface area contributed by atoms with E-state index in [1.54, 1.807) is 16.2 Å². The van der Waals surface area contributed by atoms with Crippen LogP contribution in [0.15, 0.2) is 0 Å². The van der Waals surface area contributed by atoms with Gasteiger partial charge in [-0.05, 0) is 12.8 Å². The average Bonchev–Trinajstić information content (AvgIpc) is 2.82. The quantitative estimate of drug-likeness (QED) is 0.857. The molecule has 5 nitrogen and oxygen atoms in total. The van der Waals surface area contributed by atoms with Gasteiger partial charge in [-0.1, -0.05) is 18.3 Å². The Morgan fingerprint density at radius 2 is 2.38 bits per heavy atom. The molecule has 6 heteroatoms. The molecule has 16 heavy (non-hydrogen) atoms. The molecule has 1 saturated heterocycles. The van der Waals surface area contributed by atoms with E-state index in [1.807, 2.05) is 7.05 Å². The first-order valence-corrected chi connectivity index (χ1v) is 6.36. The molecule has 1 atom stereocenters. The van der Waals surface area contributed by atoms with Crippen LogP contribution in [-0.2, 0) is 11.2 Å². The number of nitrogens with one attached hydrogen (secondary N) is 1. The van der Waals surface area contributed by atoms with E-state index in [2.05, 4.69) is 22.4 Å². The predicted molar refractivity (Wildman–Crippen MR) is 63.6 cm³/mol. The summed E-state index contributed by atoms with van der Waals surface area (Å²) in [6, 6.07) is -0.118. The third-order valence-corrected chi connectivity index (χ3v) is 3.57. The highest BCUT2D eigenvalue weighted by atomic mass is 32.1. The van der Waals surface area contributed by atoms with E-state index < -0.39 is 0 Å². The molecule has 1 N–H and O–H groups in total. The first kappa shape index (κ1) is 11.3. The SMILES string of the molecule is CCCc1nnc(NC2CCN(C)C2=O)s1. The van der Waals surface area contributed by atoms with Crippen molar-refractivity contribution >= 4 is 22.4 Å². The Morgan fingerprint density at radius 1 is 1.56 bits per heavy atom. The summed E-state index contributed by atoms with van der Waals surface area (Å²) in [6.45, 7) is 2.93. The lowest BCUT2D eigenvalue weighted by Gasteiger charge is -2.10. The second-order valence-electron chi connectivity index (χ2n) is 4.00. The zero-order valence-electron chi connectivity index (χ0n) is 9.56. The van der Waals surface area contributed by atoms with E-state index in [9.17, 15) is 4.79 Å². The molecule has 0 radical (unpaired) electrons. The van der Waals surface area contributed by atoms with Crippen LogP contribution < -0.4 is 5.32 Å². The molecule has 1 fully saturated rings. The highest BCUT2D eigenvalue weighted by molar-refractivity contribution is 7.15. The molecule has 1 aromatic heterocycles. The molecular formula is C10H16N4OS. The summed E-state index contributed by atoms with van der Waals surface area (Å²) in [6.07, 6.45) is 2.87. The molecule has 0 bridgehead atoms. The van der Waals surface area contributed by atoms with Gasteiger partial charge >= 0.3 is 0 Å². The Hall–Kier alpha value is -1.17. The number of likely N-dealkylation sites (tertiary alicyclic amines) is 1. The molecule has 1 aliphatic heterocycles. The Bertz CT molecular complexity index is 379. The van der Waals surface area contributed by atoms with Gasteiger partial charge < -0.3 is 10.2 Å². The molecule has 2 heterocycles. The molecular weight excluding hydrogens is 224 g/mol. The molecule has 1 unspecified atom stereocenters. The largest absolute Gasteiger partial charge is 0.348 e. The maximum absolute atomic E-state index is 11.7. The van der Waals surface area contributed by atoms with Gasteiger partial charge in [0.05, 0.1) is 0 Å². The number of amides is 1. The standard InChI is InChI=1S/C10H16N4OS/c1-3-4-8-12-13-10(16-8)11-7-5-6-14(2)9(7)15/h7H,3-6H2,1-2H3,(H,11,13). The summed E-state index contributed by atoms with van der Waals surface area (Å²) < 4.78 is 0. The van der Waals surface area contributed by atoms with Gasteiger partial charge in [-0.2, -0.15) is 0 Å². The molecule has 1 aliphatic rings. The average molecular weight is 240 g/mol. The second-order valence-corrected chi connectivity index (χ2v) is 5.06. The minimum Gasteiger partial charge on any atom is -0.348 e. The monoisotopic (exact) mass is 240 g/mol. The van der Waals surface area contributed by atoms with E-state index in [-0.39, 0.29) is 11.9 Å². The van der Waals surface area contributed by atoms with Gasteiger partial charge in [0.2, 0.25) is 11.0 Å². The number of hydrogen-bond donors (Lipinski definition) is 1. The first-order chi connectivity index (χ1) is 7.70. The minimum atomic E-state index is -0.118. The van der Waals surface area contributed by atoms with Gasteiger partial charge in [-0.25, -0.2) is 0 Å². The smallest absolute Gasteiger partial charge is 0.244 e. The fourth-order valence-corrected chi connectivity index (χ4v) is 2.63. The summed E-state index contributed by atoms with van der Waals surface area (Å²) >= 11 is 1.54. The van der Waals surface area contributed by atoms with Crippen molar-refractivity contribution in [2.75, 3.05) is 18.9 Å². The zero-order chi connectivity index (χ0) is 11.5. The Labute approximate surface area is 98.9 Å². The summed E-state index contributed by atoms with van der Waals surface area (Å²) in [5.74, 6) is 0.146. The Kier molecular flexibility index (Phi) is 3.38. The first-order valence-electron chi connectivity index (χ1n) is 5.54. The molecule has 1 amide bonds. The number of aromatic nitrogens is 2. The van der Waals surface area contributed by atoms with Gasteiger partial charge in [0.25, 0.3) is 0 Å². The van der Waals surface area contributed by atoms with Crippen LogP contribution in [0.5, 0.6) is 0 Å². The van der Waals surface area contributed by atoms with Crippen LogP contribution in [0.3, 0.4) is 0 Å². The van der Waals surface area contributed by atoms with E-state index in [0.717, 1.165) is 35.9 Å². The molecule has 2 rings (SSSR count). The van der Waals surface area contributed by atoms with Crippen molar-refractivity contribution in [3.63, 3.8) is 0 Å². The molecule has 0 saturated carbocycles. The molecule has 1 aromatic rings. The lowest BCUT2D eigenvalue weighted by molar-refractivity contribution is -0.127. The number of nitrogens with zero attached hydrogens (tertiary/aromatic N) is 3. The zero-order valence-corrected chi connectivity index (χ0v) is 10.4. The number of carbonyl (C=O) groups excluding carboxylic acids is 1. The van der Waals surface area contributed by atoms with Crippen LogP contribution >= 0.6 is 11.3 Å². The van der Waals surface area contributed by atoms with Gasteiger partial charge in [0.1, 0.15) is 11.0 Å². The van der Waals surface area contributed by atoms with Crippen molar-refractivity contribution in [1.82, 2.24) is 15.1 Å². The van der Waals surface area contributed by atoms with Crippen molar-refractivity contribution in [2.24, 2.45) is 0 Å².